The molecule has 1 aliphatic carbocycles. The van der Waals surface area contributed by atoms with Crippen molar-refractivity contribution in [2.24, 2.45) is 0 Å². The molecular formula is C12H21N3O. The maximum atomic E-state index is 5.59. The minimum Gasteiger partial charge on any atom is -0.377 e. The Labute approximate surface area is 96.8 Å². The van der Waals surface area contributed by atoms with Gasteiger partial charge in [-0.25, -0.2) is 0 Å². The summed E-state index contributed by atoms with van der Waals surface area (Å²) in [5, 5.41) is 10.5. The van der Waals surface area contributed by atoms with E-state index >= 15 is 0 Å². The van der Waals surface area contributed by atoms with E-state index in [2.05, 4.69) is 29.4 Å². The highest BCUT2D eigenvalue weighted by Crippen LogP contribution is 2.34. The number of methoxy groups -OCH3 is 1. The molecule has 1 saturated carbocycles. The third kappa shape index (κ3) is 2.13. The number of aromatic nitrogens is 2. The van der Waals surface area contributed by atoms with Gasteiger partial charge in [0.1, 0.15) is 0 Å². The molecule has 1 aromatic rings. The van der Waals surface area contributed by atoms with Gasteiger partial charge in [0.25, 0.3) is 0 Å². The van der Waals surface area contributed by atoms with Crippen molar-refractivity contribution < 1.29 is 4.74 Å². The van der Waals surface area contributed by atoms with E-state index in [1.807, 2.05) is 13.3 Å². The molecule has 0 bridgehead atoms. The first-order chi connectivity index (χ1) is 7.67. The zero-order chi connectivity index (χ0) is 11.6. The van der Waals surface area contributed by atoms with Crippen molar-refractivity contribution in [3.05, 3.63) is 17.5 Å². The van der Waals surface area contributed by atoms with E-state index < -0.39 is 0 Å². The lowest BCUT2D eigenvalue weighted by molar-refractivity contribution is -0.0706. The number of H-pyrrole nitrogens is 1. The molecule has 2 N–H and O–H groups in total. The molecule has 90 valence electrons. The zero-order valence-corrected chi connectivity index (χ0v) is 10.3. The first-order valence-electron chi connectivity index (χ1n) is 5.95. The van der Waals surface area contributed by atoms with Gasteiger partial charge in [-0.2, -0.15) is 5.10 Å². The Balaban J connectivity index is 1.88. The molecule has 1 heterocycles. The highest BCUT2D eigenvalue weighted by Gasteiger charge is 2.36. The molecular weight excluding hydrogens is 202 g/mol. The van der Waals surface area contributed by atoms with Crippen molar-refractivity contribution in [1.29, 1.82) is 0 Å². The lowest BCUT2D eigenvalue weighted by Gasteiger charge is -2.41. The Morgan fingerprint density at radius 2 is 2.38 bits per heavy atom. The standard InChI is InChI=1S/C12H21N3O/c1-9(11-7-14-15-10(11)2)13-8-12(16-3)5-4-6-12/h7,9,13H,4-6,8H2,1-3H3,(H,14,15). The van der Waals surface area contributed by atoms with Crippen molar-refractivity contribution in [3.63, 3.8) is 0 Å². The summed E-state index contributed by atoms with van der Waals surface area (Å²) in [6, 6.07) is 0.325. The Morgan fingerprint density at radius 1 is 1.62 bits per heavy atom. The fourth-order valence-electron chi connectivity index (χ4n) is 2.27. The van der Waals surface area contributed by atoms with Gasteiger partial charge in [-0.3, -0.25) is 5.10 Å². The normalized spacial score (nSPS) is 20.4. The Kier molecular flexibility index (Phi) is 3.30. The number of aryl methyl sites for hydroxylation is 1. The molecule has 1 atom stereocenters. The number of nitrogens with zero attached hydrogens (tertiary/aromatic N) is 1. The first-order valence-corrected chi connectivity index (χ1v) is 5.95. The lowest BCUT2D eigenvalue weighted by Crippen LogP contribution is -2.48. The largest absolute Gasteiger partial charge is 0.377 e. The van der Waals surface area contributed by atoms with Crippen LogP contribution in [0.5, 0.6) is 0 Å². The predicted molar refractivity (Wildman–Crippen MR) is 63.3 cm³/mol. The van der Waals surface area contributed by atoms with Gasteiger partial charge in [0.2, 0.25) is 0 Å². The Hall–Kier alpha value is -0.870. The smallest absolute Gasteiger partial charge is 0.0802 e. The second-order valence-electron chi connectivity index (χ2n) is 4.79. The number of hydrogen-bond donors (Lipinski definition) is 2. The summed E-state index contributed by atoms with van der Waals surface area (Å²) < 4.78 is 5.59. The number of nitrogens with one attached hydrogen (secondary N) is 2. The van der Waals surface area contributed by atoms with Gasteiger partial charge in [-0.1, -0.05) is 0 Å². The molecule has 1 fully saturated rings. The molecule has 0 aromatic carbocycles. The van der Waals surface area contributed by atoms with Crippen LogP contribution < -0.4 is 5.32 Å². The van der Waals surface area contributed by atoms with E-state index in [-0.39, 0.29) is 5.60 Å². The maximum absolute atomic E-state index is 5.59. The minimum absolute atomic E-state index is 0.0892. The molecule has 16 heavy (non-hydrogen) atoms. The predicted octanol–water partition coefficient (Wildman–Crippen LogP) is 1.94. The highest BCUT2D eigenvalue weighted by atomic mass is 16.5. The van der Waals surface area contributed by atoms with Crippen LogP contribution >= 0.6 is 0 Å². The van der Waals surface area contributed by atoms with Gasteiger partial charge in [0, 0.05) is 31.0 Å². The summed E-state index contributed by atoms with van der Waals surface area (Å²) in [5.41, 5.74) is 2.47. The second kappa shape index (κ2) is 4.55. The van der Waals surface area contributed by atoms with Crippen molar-refractivity contribution in [2.75, 3.05) is 13.7 Å². The van der Waals surface area contributed by atoms with Crippen LogP contribution in [0.25, 0.3) is 0 Å². The van der Waals surface area contributed by atoms with E-state index in [9.17, 15) is 0 Å². The van der Waals surface area contributed by atoms with Gasteiger partial charge in [-0.15, -0.1) is 0 Å². The van der Waals surface area contributed by atoms with Crippen LogP contribution in [0.4, 0.5) is 0 Å². The fourth-order valence-corrected chi connectivity index (χ4v) is 2.27. The summed E-state index contributed by atoms with van der Waals surface area (Å²) in [6.45, 7) is 5.14. The van der Waals surface area contributed by atoms with Crippen LogP contribution in [0.3, 0.4) is 0 Å². The Morgan fingerprint density at radius 3 is 2.81 bits per heavy atom. The number of aromatic amines is 1. The summed E-state index contributed by atoms with van der Waals surface area (Å²) in [4.78, 5) is 0. The van der Waals surface area contributed by atoms with Crippen LogP contribution in [0.2, 0.25) is 0 Å². The van der Waals surface area contributed by atoms with Crippen LogP contribution in [-0.4, -0.2) is 29.5 Å². The SMILES string of the molecule is COC1(CNC(C)c2cn[nH]c2C)CCC1. The van der Waals surface area contributed by atoms with Crippen molar-refractivity contribution in [3.8, 4) is 0 Å². The minimum atomic E-state index is 0.0892. The summed E-state index contributed by atoms with van der Waals surface area (Å²) in [5.74, 6) is 0. The fraction of sp³-hybridized carbons (Fsp3) is 0.750. The molecule has 2 rings (SSSR count). The van der Waals surface area contributed by atoms with Crippen LogP contribution in [0.15, 0.2) is 6.20 Å². The summed E-state index contributed by atoms with van der Waals surface area (Å²) >= 11 is 0. The number of hydrogen-bond acceptors (Lipinski definition) is 3. The Bertz CT molecular complexity index is 338. The molecule has 0 saturated heterocycles. The topological polar surface area (TPSA) is 49.9 Å². The van der Waals surface area contributed by atoms with E-state index in [0.717, 1.165) is 12.2 Å². The quantitative estimate of drug-likeness (QED) is 0.802. The molecule has 0 aliphatic heterocycles. The van der Waals surface area contributed by atoms with Crippen LogP contribution in [-0.2, 0) is 4.74 Å². The molecule has 4 nitrogen and oxygen atoms in total. The molecule has 1 aliphatic rings. The van der Waals surface area contributed by atoms with Gasteiger partial charge in [-0.05, 0) is 33.1 Å². The average Bonchev–Trinajstić information content (AvgIpc) is 2.63. The van der Waals surface area contributed by atoms with Crippen LogP contribution in [0.1, 0.15) is 43.5 Å². The molecule has 4 heteroatoms. The number of rotatable bonds is 5. The zero-order valence-electron chi connectivity index (χ0n) is 10.3. The molecule has 1 unspecified atom stereocenters. The third-order valence-electron chi connectivity index (χ3n) is 3.76. The highest BCUT2D eigenvalue weighted by molar-refractivity contribution is 5.18. The van der Waals surface area contributed by atoms with E-state index in [4.69, 9.17) is 4.74 Å². The maximum Gasteiger partial charge on any atom is 0.0802 e. The molecule has 0 radical (unpaired) electrons. The number of ether oxygens (including phenoxy) is 1. The lowest BCUT2D eigenvalue weighted by atomic mass is 9.80. The molecule has 1 aromatic heterocycles. The average molecular weight is 223 g/mol. The van der Waals surface area contributed by atoms with Gasteiger partial charge < -0.3 is 10.1 Å². The monoisotopic (exact) mass is 223 g/mol. The second-order valence-corrected chi connectivity index (χ2v) is 4.79. The van der Waals surface area contributed by atoms with E-state index in [1.165, 1.54) is 24.8 Å². The van der Waals surface area contributed by atoms with Gasteiger partial charge >= 0.3 is 0 Å². The summed E-state index contributed by atoms with van der Waals surface area (Å²) in [7, 11) is 1.81. The third-order valence-corrected chi connectivity index (χ3v) is 3.76. The van der Waals surface area contributed by atoms with Gasteiger partial charge in [0.15, 0.2) is 0 Å². The van der Waals surface area contributed by atoms with Crippen molar-refractivity contribution >= 4 is 0 Å². The molecule has 0 amide bonds. The molecule has 0 spiro atoms. The van der Waals surface area contributed by atoms with E-state index in [0.29, 0.717) is 6.04 Å². The summed E-state index contributed by atoms with van der Waals surface area (Å²) in [6.07, 6.45) is 5.53. The van der Waals surface area contributed by atoms with E-state index in [1.54, 1.807) is 0 Å². The van der Waals surface area contributed by atoms with Crippen LogP contribution in [0, 0.1) is 6.92 Å². The van der Waals surface area contributed by atoms with Crippen molar-refractivity contribution in [1.82, 2.24) is 15.5 Å². The van der Waals surface area contributed by atoms with Gasteiger partial charge in [0.05, 0.1) is 11.8 Å². The van der Waals surface area contributed by atoms with Crippen molar-refractivity contribution in [2.45, 2.75) is 44.8 Å². The first kappa shape index (κ1) is 11.6.